The van der Waals surface area contributed by atoms with Crippen LogP contribution < -0.4 is 5.32 Å². The Bertz CT molecular complexity index is 1150. The highest BCUT2D eigenvalue weighted by Crippen LogP contribution is 2.22. The van der Waals surface area contributed by atoms with Gasteiger partial charge in [-0.1, -0.05) is 0 Å². The van der Waals surface area contributed by atoms with Crippen LogP contribution in [-0.2, 0) is 18.4 Å². The number of aryl methyl sites for hydroxylation is 4. The molecule has 4 rings (SSSR count). The summed E-state index contributed by atoms with van der Waals surface area (Å²) < 4.78 is 5.09. The van der Waals surface area contributed by atoms with Gasteiger partial charge in [0.05, 0.1) is 11.4 Å². The molecular weight excluding hydrogens is 344 g/mol. The SMILES string of the molecule is Cc1cc(C)n(CC(=O)Nc2nc3ccc(-c4cn(C)nc4C)cn3n2)n1. The third-order valence-corrected chi connectivity index (χ3v) is 4.30. The number of nitrogens with zero attached hydrogens (tertiary/aromatic N) is 7. The van der Waals surface area contributed by atoms with Gasteiger partial charge in [-0.25, -0.2) is 4.52 Å². The van der Waals surface area contributed by atoms with Crippen LogP contribution in [0.3, 0.4) is 0 Å². The van der Waals surface area contributed by atoms with Gasteiger partial charge in [0.15, 0.2) is 5.65 Å². The maximum absolute atomic E-state index is 12.3. The smallest absolute Gasteiger partial charge is 0.249 e. The van der Waals surface area contributed by atoms with Gasteiger partial charge in [0.2, 0.25) is 11.9 Å². The Kier molecular flexibility index (Phi) is 3.98. The maximum atomic E-state index is 12.3. The number of fused-ring (bicyclic) bond motifs is 1. The molecule has 0 unspecified atom stereocenters. The summed E-state index contributed by atoms with van der Waals surface area (Å²) >= 11 is 0. The lowest BCUT2D eigenvalue weighted by Gasteiger charge is -2.03. The van der Waals surface area contributed by atoms with E-state index in [9.17, 15) is 4.79 Å². The van der Waals surface area contributed by atoms with Crippen molar-refractivity contribution in [3.05, 3.63) is 47.7 Å². The maximum Gasteiger partial charge on any atom is 0.249 e. The molecule has 0 atom stereocenters. The predicted molar refractivity (Wildman–Crippen MR) is 100 cm³/mol. The van der Waals surface area contributed by atoms with Crippen molar-refractivity contribution < 1.29 is 4.79 Å². The highest BCUT2D eigenvalue weighted by atomic mass is 16.2. The van der Waals surface area contributed by atoms with Crippen LogP contribution in [-0.4, -0.2) is 40.1 Å². The van der Waals surface area contributed by atoms with Crippen molar-refractivity contribution in [2.24, 2.45) is 7.05 Å². The zero-order valence-corrected chi connectivity index (χ0v) is 15.6. The lowest BCUT2D eigenvalue weighted by molar-refractivity contribution is -0.117. The van der Waals surface area contributed by atoms with Gasteiger partial charge in [-0.05, 0) is 39.0 Å². The molecule has 0 fully saturated rings. The second kappa shape index (κ2) is 6.35. The van der Waals surface area contributed by atoms with Crippen molar-refractivity contribution in [3.63, 3.8) is 0 Å². The zero-order valence-electron chi connectivity index (χ0n) is 15.6. The molecule has 1 N–H and O–H groups in total. The van der Waals surface area contributed by atoms with Crippen LogP contribution in [0.2, 0.25) is 0 Å². The Hall–Kier alpha value is -3.49. The number of nitrogens with one attached hydrogen (secondary N) is 1. The number of hydrogen-bond acceptors (Lipinski definition) is 5. The van der Waals surface area contributed by atoms with E-state index in [2.05, 4.69) is 25.6 Å². The molecule has 0 aliphatic carbocycles. The fourth-order valence-corrected chi connectivity index (χ4v) is 3.11. The highest BCUT2D eigenvalue weighted by molar-refractivity contribution is 5.89. The van der Waals surface area contributed by atoms with Gasteiger partial charge in [-0.3, -0.25) is 19.5 Å². The quantitative estimate of drug-likeness (QED) is 0.597. The summed E-state index contributed by atoms with van der Waals surface area (Å²) in [4.78, 5) is 16.6. The Morgan fingerprint density at radius 3 is 2.59 bits per heavy atom. The predicted octanol–water partition coefficient (Wildman–Crippen LogP) is 1.89. The number of carbonyl (C=O) groups is 1. The van der Waals surface area contributed by atoms with Gasteiger partial charge in [-0.15, -0.1) is 5.10 Å². The highest BCUT2D eigenvalue weighted by Gasteiger charge is 2.12. The molecule has 0 aliphatic heterocycles. The molecule has 0 spiro atoms. The van der Waals surface area contributed by atoms with E-state index in [1.807, 2.05) is 58.4 Å². The van der Waals surface area contributed by atoms with Crippen molar-refractivity contribution in [1.29, 1.82) is 0 Å². The van der Waals surface area contributed by atoms with Crippen molar-refractivity contribution in [2.45, 2.75) is 27.3 Å². The van der Waals surface area contributed by atoms with Crippen LogP contribution in [0.25, 0.3) is 16.8 Å². The van der Waals surface area contributed by atoms with Gasteiger partial charge in [0.25, 0.3) is 0 Å². The summed E-state index contributed by atoms with van der Waals surface area (Å²) in [6, 6.07) is 5.76. The zero-order chi connectivity index (χ0) is 19.1. The topological polar surface area (TPSA) is 94.9 Å². The first-order chi connectivity index (χ1) is 12.9. The van der Waals surface area contributed by atoms with E-state index in [1.54, 1.807) is 13.9 Å². The minimum Gasteiger partial charge on any atom is -0.292 e. The molecule has 0 saturated carbocycles. The molecule has 27 heavy (non-hydrogen) atoms. The molecule has 0 aliphatic rings. The summed E-state index contributed by atoms with van der Waals surface area (Å²) in [5.41, 5.74) is 5.42. The molecule has 4 heterocycles. The standard InChI is InChI=1S/C18H20N8O/c1-11-7-12(2)25(21-11)10-17(27)20-18-19-16-6-5-14(8-26(16)23-18)15-9-24(4)22-13(15)3/h5-9H,10H2,1-4H3,(H,20,23,27). The Balaban J connectivity index is 1.55. The summed E-state index contributed by atoms with van der Waals surface area (Å²) in [6.45, 7) is 5.89. The van der Waals surface area contributed by atoms with Crippen LogP contribution in [0.4, 0.5) is 5.95 Å². The normalized spacial score (nSPS) is 11.3. The van der Waals surface area contributed by atoms with E-state index in [4.69, 9.17) is 0 Å². The molecule has 138 valence electrons. The molecule has 1 amide bonds. The fraction of sp³-hybridized carbons (Fsp3) is 0.278. The van der Waals surface area contributed by atoms with Crippen molar-refractivity contribution >= 4 is 17.5 Å². The number of aromatic nitrogens is 7. The van der Waals surface area contributed by atoms with E-state index < -0.39 is 0 Å². The third kappa shape index (κ3) is 3.31. The van der Waals surface area contributed by atoms with Gasteiger partial charge >= 0.3 is 0 Å². The largest absolute Gasteiger partial charge is 0.292 e. The first-order valence-electron chi connectivity index (χ1n) is 8.57. The summed E-state index contributed by atoms with van der Waals surface area (Å²) in [7, 11) is 1.89. The van der Waals surface area contributed by atoms with Gasteiger partial charge < -0.3 is 0 Å². The number of rotatable bonds is 4. The average molecular weight is 364 g/mol. The number of carbonyl (C=O) groups excluding carboxylic acids is 1. The first-order valence-corrected chi connectivity index (χ1v) is 8.57. The number of amides is 1. The van der Waals surface area contributed by atoms with Gasteiger partial charge in [0, 0.05) is 36.3 Å². The Labute approximate surface area is 155 Å². The summed E-state index contributed by atoms with van der Waals surface area (Å²) in [6.07, 6.45) is 3.84. The molecule has 9 nitrogen and oxygen atoms in total. The Morgan fingerprint density at radius 2 is 1.93 bits per heavy atom. The molecular formula is C18H20N8O. The number of pyridine rings is 1. The minimum atomic E-state index is -0.222. The molecule has 4 aromatic heterocycles. The number of anilines is 1. The van der Waals surface area contributed by atoms with Crippen LogP contribution in [0.1, 0.15) is 17.1 Å². The van der Waals surface area contributed by atoms with Crippen molar-refractivity contribution in [1.82, 2.24) is 34.2 Å². The first kappa shape index (κ1) is 17.0. The number of hydrogen-bond donors (Lipinski definition) is 1. The van der Waals surface area contributed by atoms with Crippen molar-refractivity contribution in [2.75, 3.05) is 5.32 Å². The van der Waals surface area contributed by atoms with Crippen LogP contribution >= 0.6 is 0 Å². The molecule has 0 radical (unpaired) electrons. The average Bonchev–Trinajstić information content (AvgIpc) is 3.23. The van der Waals surface area contributed by atoms with E-state index in [1.165, 1.54) is 0 Å². The molecule has 0 saturated heterocycles. The second-order valence-electron chi connectivity index (χ2n) is 6.59. The van der Waals surface area contributed by atoms with E-state index >= 15 is 0 Å². The summed E-state index contributed by atoms with van der Waals surface area (Å²) in [5, 5.41) is 15.8. The van der Waals surface area contributed by atoms with E-state index in [-0.39, 0.29) is 18.4 Å². The lowest BCUT2D eigenvalue weighted by Crippen LogP contribution is -2.21. The molecule has 4 aromatic rings. The van der Waals surface area contributed by atoms with Crippen LogP contribution in [0, 0.1) is 20.8 Å². The van der Waals surface area contributed by atoms with Gasteiger partial charge in [0.1, 0.15) is 6.54 Å². The third-order valence-electron chi connectivity index (χ3n) is 4.30. The van der Waals surface area contributed by atoms with E-state index in [0.29, 0.717) is 5.65 Å². The lowest BCUT2D eigenvalue weighted by atomic mass is 10.1. The van der Waals surface area contributed by atoms with Crippen molar-refractivity contribution in [3.8, 4) is 11.1 Å². The minimum absolute atomic E-state index is 0.120. The Morgan fingerprint density at radius 1 is 1.11 bits per heavy atom. The molecule has 9 heteroatoms. The monoisotopic (exact) mass is 364 g/mol. The van der Waals surface area contributed by atoms with Crippen LogP contribution in [0.15, 0.2) is 30.6 Å². The van der Waals surface area contributed by atoms with E-state index in [0.717, 1.165) is 28.2 Å². The molecule has 0 bridgehead atoms. The molecule has 0 aromatic carbocycles. The van der Waals surface area contributed by atoms with Gasteiger partial charge in [-0.2, -0.15) is 15.2 Å². The summed E-state index contributed by atoms with van der Waals surface area (Å²) in [5.74, 6) is 0.0435. The van der Waals surface area contributed by atoms with Crippen LogP contribution in [0.5, 0.6) is 0 Å². The second-order valence-corrected chi connectivity index (χ2v) is 6.59. The fourth-order valence-electron chi connectivity index (χ4n) is 3.11.